The second-order valence-corrected chi connectivity index (χ2v) is 12.1. The molecule has 1 heterocycles. The zero-order valence-corrected chi connectivity index (χ0v) is 27.2. The summed E-state index contributed by atoms with van der Waals surface area (Å²) in [4.78, 5) is 22.5. The van der Waals surface area contributed by atoms with Gasteiger partial charge in [-0.15, -0.1) is 12.4 Å². The van der Waals surface area contributed by atoms with Gasteiger partial charge in [0.15, 0.2) is 5.13 Å². The number of fused-ring (bicyclic) bond motifs is 1. The van der Waals surface area contributed by atoms with Crippen LogP contribution in [0.2, 0.25) is 5.02 Å². The molecule has 41 heavy (non-hydrogen) atoms. The molecule has 0 atom stereocenters. The predicted molar refractivity (Wildman–Crippen MR) is 167 cm³/mol. The van der Waals surface area contributed by atoms with E-state index in [-0.39, 0.29) is 49.5 Å². The fraction of sp³-hybridized carbons (Fsp3) is 0.481. The van der Waals surface area contributed by atoms with Gasteiger partial charge in [-0.3, -0.25) is 9.69 Å². The first kappa shape index (κ1) is 35.2. The molecule has 0 spiro atoms. The van der Waals surface area contributed by atoms with Gasteiger partial charge in [0.25, 0.3) is 5.91 Å². The van der Waals surface area contributed by atoms with Gasteiger partial charge >= 0.3 is 0 Å². The fourth-order valence-electron chi connectivity index (χ4n) is 4.10. The highest BCUT2D eigenvalue weighted by atomic mass is 35.5. The van der Waals surface area contributed by atoms with Crippen LogP contribution in [-0.2, 0) is 19.5 Å². The van der Waals surface area contributed by atoms with Gasteiger partial charge in [0.1, 0.15) is 11.3 Å². The molecular weight excluding hydrogens is 611 g/mol. The Hall–Kier alpha value is -2.03. The molecule has 0 saturated heterocycles. The standard InChI is InChI=1S/C27H37ClN4O6S2.ClH/c1-6-30(7-2)14-15-32(27-29-24-23(38-5)13-12-22(28)25(24)39-27)26(33)20-8-10-21(11-9-20)40(34,35)31(16-18-36-3)17-19-37-4;/h8-13H,6-7,14-19H2,1-5H3;1H. The van der Waals surface area contributed by atoms with E-state index in [0.717, 1.165) is 17.8 Å². The number of ether oxygens (including phenoxy) is 3. The molecular formula is C27H38Cl2N4O6S2. The molecule has 0 radical (unpaired) electrons. The molecule has 228 valence electrons. The number of anilines is 1. The lowest BCUT2D eigenvalue weighted by Crippen LogP contribution is -2.39. The van der Waals surface area contributed by atoms with E-state index in [1.165, 1.54) is 54.1 Å². The minimum Gasteiger partial charge on any atom is -0.494 e. The number of nitrogens with zero attached hydrogens (tertiary/aromatic N) is 4. The van der Waals surface area contributed by atoms with E-state index in [1.807, 2.05) is 0 Å². The predicted octanol–water partition coefficient (Wildman–Crippen LogP) is 4.65. The number of halogens is 2. The number of hydrogen-bond donors (Lipinski definition) is 0. The van der Waals surface area contributed by atoms with Crippen LogP contribution in [0.1, 0.15) is 24.2 Å². The molecule has 10 nitrogen and oxygen atoms in total. The van der Waals surface area contributed by atoms with Gasteiger partial charge in [-0.2, -0.15) is 4.31 Å². The molecule has 14 heteroatoms. The molecule has 0 aliphatic carbocycles. The third-order valence-electron chi connectivity index (χ3n) is 6.51. The molecule has 2 aromatic carbocycles. The summed E-state index contributed by atoms with van der Waals surface area (Å²) in [5.74, 6) is 0.278. The summed E-state index contributed by atoms with van der Waals surface area (Å²) in [5.41, 5.74) is 0.931. The Morgan fingerprint density at radius 2 is 1.54 bits per heavy atom. The van der Waals surface area contributed by atoms with Crippen molar-refractivity contribution < 1.29 is 27.4 Å². The third-order valence-corrected chi connectivity index (χ3v) is 9.96. The quantitative estimate of drug-likeness (QED) is 0.221. The topological polar surface area (TPSA) is 102 Å². The Kier molecular flexibility index (Phi) is 14.2. The zero-order valence-electron chi connectivity index (χ0n) is 24.0. The van der Waals surface area contributed by atoms with Crippen LogP contribution >= 0.6 is 35.3 Å². The first-order valence-corrected chi connectivity index (χ1v) is 15.6. The maximum absolute atomic E-state index is 13.8. The number of thiazole rings is 1. The second-order valence-electron chi connectivity index (χ2n) is 8.82. The molecule has 3 rings (SSSR count). The van der Waals surface area contributed by atoms with Crippen molar-refractivity contribution in [2.45, 2.75) is 18.7 Å². The van der Waals surface area contributed by atoms with Gasteiger partial charge in [0.2, 0.25) is 10.0 Å². The van der Waals surface area contributed by atoms with Gasteiger partial charge in [-0.25, -0.2) is 13.4 Å². The number of rotatable bonds is 16. The molecule has 0 N–H and O–H groups in total. The SMILES string of the molecule is CCN(CC)CCN(C(=O)c1ccc(S(=O)(=O)N(CCOC)CCOC)cc1)c1nc2c(OC)ccc(Cl)c2s1.Cl. The number of methoxy groups -OCH3 is 3. The van der Waals surface area contributed by atoms with Crippen LogP contribution in [0.3, 0.4) is 0 Å². The summed E-state index contributed by atoms with van der Waals surface area (Å²) in [6.45, 7) is 7.72. The van der Waals surface area contributed by atoms with Crippen molar-refractivity contribution in [3.63, 3.8) is 0 Å². The fourth-order valence-corrected chi connectivity index (χ4v) is 6.79. The first-order chi connectivity index (χ1) is 19.2. The van der Waals surface area contributed by atoms with Crippen LogP contribution in [0.5, 0.6) is 5.75 Å². The minimum atomic E-state index is -3.82. The lowest BCUT2D eigenvalue weighted by Gasteiger charge is -2.25. The Balaban J connectivity index is 0.00000588. The van der Waals surface area contributed by atoms with Crippen LogP contribution in [0, 0.1) is 0 Å². The molecule has 0 aliphatic heterocycles. The zero-order chi connectivity index (χ0) is 29.3. The number of benzene rings is 2. The van der Waals surface area contributed by atoms with Crippen molar-refractivity contribution in [2.75, 3.05) is 78.7 Å². The number of amides is 1. The van der Waals surface area contributed by atoms with Gasteiger partial charge in [0, 0.05) is 46.0 Å². The van der Waals surface area contributed by atoms with E-state index in [1.54, 1.807) is 24.1 Å². The van der Waals surface area contributed by atoms with Crippen LogP contribution in [0.4, 0.5) is 5.13 Å². The number of likely N-dealkylation sites (N-methyl/N-ethyl adjacent to an activating group) is 1. The summed E-state index contributed by atoms with van der Waals surface area (Å²) < 4.78 is 44.3. The Bertz CT molecular complexity index is 1360. The first-order valence-electron chi connectivity index (χ1n) is 13.0. The third kappa shape index (κ3) is 8.51. The Labute approximate surface area is 257 Å². The van der Waals surface area contributed by atoms with Crippen molar-refractivity contribution in [3.8, 4) is 5.75 Å². The lowest BCUT2D eigenvalue weighted by atomic mass is 10.2. The average molecular weight is 650 g/mol. The molecule has 0 unspecified atom stereocenters. The van der Waals surface area contributed by atoms with E-state index in [2.05, 4.69) is 18.7 Å². The molecule has 0 saturated carbocycles. The summed E-state index contributed by atoms with van der Waals surface area (Å²) in [6.07, 6.45) is 0. The van der Waals surface area contributed by atoms with Gasteiger partial charge < -0.3 is 19.1 Å². The van der Waals surface area contributed by atoms with Crippen LogP contribution in [-0.4, -0.2) is 102 Å². The maximum atomic E-state index is 13.8. The van der Waals surface area contributed by atoms with Crippen LogP contribution in [0.25, 0.3) is 10.2 Å². The van der Waals surface area contributed by atoms with Crippen molar-refractivity contribution in [1.82, 2.24) is 14.2 Å². The van der Waals surface area contributed by atoms with Crippen molar-refractivity contribution >= 4 is 66.6 Å². The summed E-state index contributed by atoms with van der Waals surface area (Å²) in [5, 5.41) is 1.01. The normalized spacial score (nSPS) is 11.7. The molecule has 1 amide bonds. The maximum Gasteiger partial charge on any atom is 0.260 e. The van der Waals surface area contributed by atoms with E-state index < -0.39 is 10.0 Å². The van der Waals surface area contributed by atoms with Gasteiger partial charge in [0.05, 0.1) is 34.9 Å². The number of carbonyl (C=O) groups excluding carboxylic acids is 1. The highest BCUT2D eigenvalue weighted by Gasteiger charge is 2.27. The number of aromatic nitrogens is 1. The van der Waals surface area contributed by atoms with E-state index in [9.17, 15) is 13.2 Å². The number of hydrogen-bond acceptors (Lipinski definition) is 9. The van der Waals surface area contributed by atoms with E-state index in [0.29, 0.717) is 40.1 Å². The van der Waals surface area contributed by atoms with Crippen LogP contribution in [0.15, 0.2) is 41.3 Å². The summed E-state index contributed by atoms with van der Waals surface area (Å²) >= 11 is 7.76. The van der Waals surface area contributed by atoms with Gasteiger partial charge in [-0.05, 0) is 49.5 Å². The smallest absolute Gasteiger partial charge is 0.260 e. The highest BCUT2D eigenvalue weighted by Crippen LogP contribution is 2.39. The Morgan fingerprint density at radius 1 is 0.927 bits per heavy atom. The molecule has 1 aromatic heterocycles. The second kappa shape index (κ2) is 16.6. The monoisotopic (exact) mass is 648 g/mol. The summed E-state index contributed by atoms with van der Waals surface area (Å²) in [7, 11) is 0.780. The van der Waals surface area contributed by atoms with Crippen molar-refractivity contribution in [1.29, 1.82) is 0 Å². The molecule has 3 aromatic rings. The minimum absolute atomic E-state index is 0. The molecule has 0 bridgehead atoms. The number of carbonyl (C=O) groups is 1. The average Bonchev–Trinajstić information content (AvgIpc) is 3.41. The largest absolute Gasteiger partial charge is 0.494 e. The lowest BCUT2D eigenvalue weighted by molar-refractivity contribution is 0.0983. The Morgan fingerprint density at radius 3 is 2.07 bits per heavy atom. The number of sulfonamides is 1. The highest BCUT2D eigenvalue weighted by molar-refractivity contribution is 7.89. The van der Waals surface area contributed by atoms with Crippen molar-refractivity contribution in [2.24, 2.45) is 0 Å². The van der Waals surface area contributed by atoms with E-state index >= 15 is 0 Å². The van der Waals surface area contributed by atoms with Crippen molar-refractivity contribution in [3.05, 3.63) is 47.0 Å². The summed E-state index contributed by atoms with van der Waals surface area (Å²) in [6, 6.07) is 9.47. The molecule has 0 fully saturated rings. The van der Waals surface area contributed by atoms with Gasteiger partial charge in [-0.1, -0.05) is 36.8 Å². The van der Waals surface area contributed by atoms with E-state index in [4.69, 9.17) is 30.8 Å². The van der Waals surface area contributed by atoms with Crippen LogP contribution < -0.4 is 9.64 Å². The molecule has 0 aliphatic rings.